The number of anilines is 1. The topological polar surface area (TPSA) is 98.7 Å². The minimum atomic E-state index is -3.47. The molecule has 1 atom stereocenters. The second-order valence-corrected chi connectivity index (χ2v) is 9.16. The number of sulfonamides is 1. The summed E-state index contributed by atoms with van der Waals surface area (Å²) in [7, 11) is -1.82. The fourth-order valence-electron chi connectivity index (χ4n) is 2.92. The van der Waals surface area contributed by atoms with E-state index in [0.717, 1.165) is 6.42 Å². The molecule has 0 aromatic carbocycles. The van der Waals surface area contributed by atoms with Gasteiger partial charge in [0.1, 0.15) is 4.21 Å². The monoisotopic (exact) mass is 554 g/mol. The number of thiophene rings is 1. The van der Waals surface area contributed by atoms with E-state index >= 15 is 0 Å². The van der Waals surface area contributed by atoms with Gasteiger partial charge in [0.15, 0.2) is 17.6 Å². The van der Waals surface area contributed by atoms with Crippen LogP contribution in [0.1, 0.15) is 6.42 Å². The number of nitrogens with one attached hydrogen (secondary N) is 3. The predicted molar refractivity (Wildman–Crippen MR) is 124 cm³/mol. The molecular weight excluding hydrogens is 530 g/mol. The zero-order chi connectivity index (χ0) is 20.0. The van der Waals surface area contributed by atoms with Crippen LogP contribution in [0.15, 0.2) is 45.0 Å². The highest BCUT2D eigenvalue weighted by Gasteiger charge is 2.25. The van der Waals surface area contributed by atoms with Crippen molar-refractivity contribution in [2.24, 2.45) is 4.99 Å². The highest BCUT2D eigenvalue weighted by molar-refractivity contribution is 14.0. The van der Waals surface area contributed by atoms with Crippen LogP contribution in [0.3, 0.4) is 0 Å². The van der Waals surface area contributed by atoms with Crippen molar-refractivity contribution < 1.29 is 12.8 Å². The van der Waals surface area contributed by atoms with Crippen LogP contribution in [0.5, 0.6) is 0 Å². The van der Waals surface area contributed by atoms with Crippen molar-refractivity contribution in [2.45, 2.75) is 16.7 Å². The summed E-state index contributed by atoms with van der Waals surface area (Å²) in [5, 5.41) is 8.09. The van der Waals surface area contributed by atoms with Crippen LogP contribution in [-0.2, 0) is 10.0 Å². The number of aromatic nitrogens is 1. The predicted octanol–water partition coefficient (Wildman–Crippen LogP) is 1.62. The number of nitrogens with zero attached hydrogens (tertiary/aromatic N) is 3. The van der Waals surface area contributed by atoms with Crippen molar-refractivity contribution in [3.05, 3.63) is 41.7 Å². The first-order valence-corrected chi connectivity index (χ1v) is 11.2. The first-order chi connectivity index (χ1) is 13.5. The van der Waals surface area contributed by atoms with E-state index in [0.29, 0.717) is 35.6 Å². The molecule has 12 heteroatoms. The molecule has 1 saturated heterocycles. The molecule has 2 aromatic rings. The van der Waals surface area contributed by atoms with Crippen LogP contribution in [0, 0.1) is 5.82 Å². The molecule has 3 rings (SSSR count). The maximum atomic E-state index is 13.9. The van der Waals surface area contributed by atoms with Crippen LogP contribution >= 0.6 is 35.3 Å². The van der Waals surface area contributed by atoms with Gasteiger partial charge in [-0.1, -0.05) is 6.07 Å². The zero-order valence-corrected chi connectivity index (χ0v) is 19.8. The standard InChI is InChI=1S/C17H23FN6O2S2.HI/c1-19-17(21-8-9-22-28(25,26)15-5-3-11-27-15)23-13-6-10-24(12-13)16-14(18)4-2-7-20-16;/h2-5,7,11,13,22H,6,8-10,12H2,1H3,(H2,19,21,23);1H. The average Bonchev–Trinajstić information content (AvgIpc) is 3.37. The van der Waals surface area contributed by atoms with Gasteiger partial charge in [-0.05, 0) is 30.0 Å². The highest BCUT2D eigenvalue weighted by Crippen LogP contribution is 2.20. The maximum absolute atomic E-state index is 13.9. The molecule has 160 valence electrons. The first-order valence-electron chi connectivity index (χ1n) is 8.85. The quantitative estimate of drug-likeness (QED) is 0.208. The number of hydrogen-bond donors (Lipinski definition) is 3. The molecule has 0 spiro atoms. The molecule has 1 aliphatic heterocycles. The van der Waals surface area contributed by atoms with Crippen LogP contribution in [0.4, 0.5) is 10.2 Å². The Bertz CT molecular complexity index is 910. The number of aliphatic imine (C=N–C) groups is 1. The molecule has 0 aliphatic carbocycles. The van der Waals surface area contributed by atoms with Gasteiger partial charge < -0.3 is 15.5 Å². The van der Waals surface area contributed by atoms with Gasteiger partial charge in [-0.25, -0.2) is 22.5 Å². The van der Waals surface area contributed by atoms with Gasteiger partial charge in [0.25, 0.3) is 0 Å². The van der Waals surface area contributed by atoms with Gasteiger partial charge in [-0.15, -0.1) is 35.3 Å². The van der Waals surface area contributed by atoms with E-state index in [-0.39, 0.29) is 42.4 Å². The SMILES string of the molecule is CN=C(NCCNS(=O)(=O)c1cccs1)NC1CCN(c2ncccc2F)C1.I. The Morgan fingerprint density at radius 3 is 2.90 bits per heavy atom. The largest absolute Gasteiger partial charge is 0.355 e. The van der Waals surface area contributed by atoms with Crippen LogP contribution in [0.25, 0.3) is 0 Å². The van der Waals surface area contributed by atoms with E-state index < -0.39 is 10.0 Å². The Hall–Kier alpha value is -1.51. The zero-order valence-electron chi connectivity index (χ0n) is 15.8. The summed E-state index contributed by atoms with van der Waals surface area (Å²) in [6.45, 7) is 1.93. The molecule has 0 bridgehead atoms. The summed E-state index contributed by atoms with van der Waals surface area (Å²) in [5.74, 6) is 0.602. The highest BCUT2D eigenvalue weighted by atomic mass is 127. The number of guanidine groups is 1. The maximum Gasteiger partial charge on any atom is 0.250 e. The van der Waals surface area contributed by atoms with Crippen LogP contribution < -0.4 is 20.3 Å². The van der Waals surface area contributed by atoms with Crippen molar-refractivity contribution in [1.82, 2.24) is 20.3 Å². The van der Waals surface area contributed by atoms with Gasteiger partial charge >= 0.3 is 0 Å². The molecule has 3 heterocycles. The van der Waals surface area contributed by atoms with Crippen molar-refractivity contribution in [3.8, 4) is 0 Å². The summed E-state index contributed by atoms with van der Waals surface area (Å²) in [4.78, 5) is 10.2. The second-order valence-electron chi connectivity index (χ2n) is 6.21. The average molecular weight is 554 g/mol. The molecule has 1 aliphatic rings. The van der Waals surface area contributed by atoms with Gasteiger partial charge in [0, 0.05) is 45.5 Å². The molecule has 1 fully saturated rings. The second kappa shape index (κ2) is 11.0. The lowest BCUT2D eigenvalue weighted by Crippen LogP contribution is -2.46. The Kier molecular flexibility index (Phi) is 9.04. The molecule has 2 aromatic heterocycles. The minimum Gasteiger partial charge on any atom is -0.355 e. The van der Waals surface area contributed by atoms with E-state index in [4.69, 9.17) is 0 Å². The van der Waals surface area contributed by atoms with E-state index in [9.17, 15) is 12.8 Å². The fraction of sp³-hybridized carbons (Fsp3) is 0.412. The lowest BCUT2D eigenvalue weighted by atomic mass is 10.3. The number of pyridine rings is 1. The third kappa shape index (κ3) is 6.49. The molecule has 8 nitrogen and oxygen atoms in total. The summed E-state index contributed by atoms with van der Waals surface area (Å²) >= 11 is 1.18. The van der Waals surface area contributed by atoms with Crippen molar-refractivity contribution in [1.29, 1.82) is 0 Å². The van der Waals surface area contributed by atoms with E-state index in [1.807, 2.05) is 4.90 Å². The number of halogens is 2. The molecule has 0 radical (unpaired) electrons. The third-order valence-corrected chi connectivity index (χ3v) is 7.12. The molecule has 29 heavy (non-hydrogen) atoms. The van der Waals surface area contributed by atoms with Crippen molar-refractivity contribution >= 4 is 57.1 Å². The minimum absolute atomic E-state index is 0. The van der Waals surface area contributed by atoms with Gasteiger partial charge in [0.2, 0.25) is 10.0 Å². The number of hydrogen-bond acceptors (Lipinski definition) is 6. The van der Waals surface area contributed by atoms with Gasteiger partial charge in [-0.2, -0.15) is 0 Å². The normalized spacial score (nSPS) is 17.1. The molecule has 0 saturated carbocycles. The molecule has 1 unspecified atom stereocenters. The van der Waals surface area contributed by atoms with Crippen molar-refractivity contribution in [2.75, 3.05) is 38.1 Å². The van der Waals surface area contributed by atoms with E-state index in [2.05, 4.69) is 25.3 Å². The van der Waals surface area contributed by atoms with Crippen molar-refractivity contribution in [3.63, 3.8) is 0 Å². The van der Waals surface area contributed by atoms with Gasteiger partial charge in [-0.3, -0.25) is 4.99 Å². The Labute approximate surface area is 191 Å². The third-order valence-electron chi connectivity index (χ3n) is 4.26. The molecule has 0 amide bonds. The Morgan fingerprint density at radius 1 is 1.38 bits per heavy atom. The number of rotatable bonds is 7. The van der Waals surface area contributed by atoms with Crippen LogP contribution in [0.2, 0.25) is 0 Å². The summed E-state index contributed by atoms with van der Waals surface area (Å²) in [6, 6.07) is 6.34. The molecule has 3 N–H and O–H groups in total. The fourth-order valence-corrected chi connectivity index (χ4v) is 4.99. The summed E-state index contributed by atoms with van der Waals surface area (Å²) < 4.78 is 40.9. The summed E-state index contributed by atoms with van der Waals surface area (Å²) in [6.07, 6.45) is 2.40. The summed E-state index contributed by atoms with van der Waals surface area (Å²) in [5.41, 5.74) is 0. The molecular formula is C17H24FIN6O2S2. The van der Waals surface area contributed by atoms with E-state index in [1.165, 1.54) is 17.4 Å². The first kappa shape index (κ1) is 23.8. The van der Waals surface area contributed by atoms with Gasteiger partial charge in [0.05, 0.1) is 0 Å². The van der Waals surface area contributed by atoms with Crippen LogP contribution in [-0.4, -0.2) is 58.6 Å². The smallest absolute Gasteiger partial charge is 0.250 e. The lowest BCUT2D eigenvalue weighted by molar-refractivity contribution is 0.581. The van der Waals surface area contributed by atoms with E-state index in [1.54, 1.807) is 36.8 Å². The Morgan fingerprint density at radius 2 is 2.21 bits per heavy atom. The Balaban J connectivity index is 0.00000300. The lowest BCUT2D eigenvalue weighted by Gasteiger charge is -2.20.